The van der Waals surface area contributed by atoms with Crippen LogP contribution in [0.4, 0.5) is 5.82 Å². The van der Waals surface area contributed by atoms with Crippen molar-refractivity contribution in [2.45, 2.75) is 45.8 Å². The van der Waals surface area contributed by atoms with Crippen LogP contribution in [0.1, 0.15) is 49.0 Å². The molecule has 0 spiro atoms. The van der Waals surface area contributed by atoms with E-state index in [9.17, 15) is 0 Å². The zero-order valence-corrected chi connectivity index (χ0v) is 15.1. The first kappa shape index (κ1) is 17.8. The van der Waals surface area contributed by atoms with Gasteiger partial charge in [0.05, 0.1) is 11.7 Å². The molecule has 3 rings (SSSR count). The molecular weight excluding hydrogens is 314 g/mol. The largest absolute Gasteiger partial charge is 0.374 e. The van der Waals surface area contributed by atoms with Crippen molar-refractivity contribution in [3.63, 3.8) is 0 Å². The third kappa shape index (κ3) is 4.52. The second-order valence-electron chi connectivity index (χ2n) is 6.19. The van der Waals surface area contributed by atoms with Gasteiger partial charge in [-0.15, -0.1) is 0 Å². The van der Waals surface area contributed by atoms with Crippen molar-refractivity contribution in [1.82, 2.24) is 20.3 Å². The van der Waals surface area contributed by atoms with Gasteiger partial charge in [0.25, 0.3) is 0 Å². The highest BCUT2D eigenvalue weighted by molar-refractivity contribution is 5.49. The highest BCUT2D eigenvalue weighted by atomic mass is 16.5. The summed E-state index contributed by atoms with van der Waals surface area (Å²) < 4.78 is 5.53. The summed E-state index contributed by atoms with van der Waals surface area (Å²) in [5.74, 6) is 1.70. The smallest absolute Gasteiger partial charge is 0.156 e. The fourth-order valence-electron chi connectivity index (χ4n) is 3.14. The Hall–Kier alpha value is -2.05. The van der Waals surface area contributed by atoms with E-state index in [1.54, 1.807) is 6.20 Å². The second kappa shape index (κ2) is 8.87. The molecule has 0 saturated carbocycles. The fourth-order valence-corrected chi connectivity index (χ4v) is 3.14. The molecule has 2 aromatic heterocycles. The van der Waals surface area contributed by atoms with E-state index in [1.165, 1.54) is 11.1 Å². The van der Waals surface area contributed by atoms with Gasteiger partial charge in [-0.3, -0.25) is 4.98 Å². The quantitative estimate of drug-likeness (QED) is 0.807. The van der Waals surface area contributed by atoms with E-state index in [0.29, 0.717) is 13.2 Å². The minimum atomic E-state index is 0.184. The Balaban J connectivity index is 1.92. The van der Waals surface area contributed by atoms with Crippen LogP contribution in [0.3, 0.4) is 0 Å². The number of anilines is 1. The van der Waals surface area contributed by atoms with Crippen molar-refractivity contribution < 1.29 is 4.74 Å². The maximum absolute atomic E-state index is 5.53. The molecule has 0 aliphatic carbocycles. The first-order valence-corrected chi connectivity index (χ1v) is 9.15. The summed E-state index contributed by atoms with van der Waals surface area (Å²) in [5.41, 5.74) is 3.54. The maximum atomic E-state index is 5.53. The van der Waals surface area contributed by atoms with Gasteiger partial charge in [-0.05, 0) is 37.9 Å². The van der Waals surface area contributed by atoms with Gasteiger partial charge in [0, 0.05) is 37.5 Å². The maximum Gasteiger partial charge on any atom is 0.156 e. The number of nitrogens with zero attached hydrogens (tertiary/aromatic N) is 3. The summed E-state index contributed by atoms with van der Waals surface area (Å²) >= 11 is 0. The molecule has 0 bridgehead atoms. The van der Waals surface area contributed by atoms with Crippen LogP contribution < -0.4 is 10.6 Å². The zero-order chi connectivity index (χ0) is 17.5. The number of pyridine rings is 1. The van der Waals surface area contributed by atoms with E-state index in [2.05, 4.69) is 28.6 Å². The van der Waals surface area contributed by atoms with Gasteiger partial charge in [0.2, 0.25) is 0 Å². The zero-order valence-electron chi connectivity index (χ0n) is 15.1. The molecule has 1 aliphatic rings. The Morgan fingerprint density at radius 3 is 2.88 bits per heavy atom. The van der Waals surface area contributed by atoms with Gasteiger partial charge in [-0.1, -0.05) is 13.0 Å². The number of hydrogen-bond acceptors (Lipinski definition) is 6. The minimum absolute atomic E-state index is 0.184. The van der Waals surface area contributed by atoms with E-state index in [0.717, 1.165) is 49.7 Å². The standard InChI is InChI=1S/C19H27N5O/c1-3-16(14-6-5-9-21-12-14)23-19-15-7-10-20-11-8-17(15)22-18(24-19)13-25-4-2/h5-6,9,12,16,20H,3-4,7-8,10-11,13H2,1-2H3,(H,22,23,24)/t16-/m0/s1. The van der Waals surface area contributed by atoms with Crippen molar-refractivity contribution in [2.24, 2.45) is 0 Å². The van der Waals surface area contributed by atoms with Crippen LogP contribution >= 0.6 is 0 Å². The molecule has 6 nitrogen and oxygen atoms in total. The Morgan fingerprint density at radius 1 is 1.24 bits per heavy atom. The molecule has 0 fully saturated rings. The molecule has 2 aromatic rings. The lowest BCUT2D eigenvalue weighted by Crippen LogP contribution is -2.17. The summed E-state index contributed by atoms with van der Waals surface area (Å²) in [6.45, 7) is 7.19. The van der Waals surface area contributed by atoms with Crippen LogP contribution in [-0.2, 0) is 24.2 Å². The van der Waals surface area contributed by atoms with Gasteiger partial charge in [-0.2, -0.15) is 0 Å². The minimum Gasteiger partial charge on any atom is -0.374 e. The van der Waals surface area contributed by atoms with Crippen molar-refractivity contribution in [3.05, 3.63) is 47.2 Å². The monoisotopic (exact) mass is 341 g/mol. The van der Waals surface area contributed by atoms with Crippen molar-refractivity contribution >= 4 is 5.82 Å². The summed E-state index contributed by atoms with van der Waals surface area (Å²) in [4.78, 5) is 13.8. The first-order chi connectivity index (χ1) is 12.3. The average Bonchev–Trinajstić information content (AvgIpc) is 2.90. The van der Waals surface area contributed by atoms with Crippen LogP contribution in [0.2, 0.25) is 0 Å². The number of ether oxygens (including phenoxy) is 1. The third-order valence-electron chi connectivity index (χ3n) is 4.47. The van der Waals surface area contributed by atoms with E-state index >= 15 is 0 Å². The molecule has 134 valence electrons. The fraction of sp³-hybridized carbons (Fsp3) is 0.526. The molecular formula is C19H27N5O. The number of fused-ring (bicyclic) bond motifs is 1. The van der Waals surface area contributed by atoms with Crippen LogP contribution in [0, 0.1) is 0 Å². The van der Waals surface area contributed by atoms with Crippen molar-refractivity contribution in [1.29, 1.82) is 0 Å². The summed E-state index contributed by atoms with van der Waals surface area (Å²) in [6, 6.07) is 4.27. The Bertz CT molecular complexity index is 677. The Kier molecular flexibility index (Phi) is 6.30. The van der Waals surface area contributed by atoms with Crippen LogP contribution in [-0.4, -0.2) is 34.6 Å². The van der Waals surface area contributed by atoms with E-state index < -0.39 is 0 Å². The predicted molar refractivity (Wildman–Crippen MR) is 98.5 cm³/mol. The van der Waals surface area contributed by atoms with Gasteiger partial charge in [-0.25, -0.2) is 9.97 Å². The Morgan fingerprint density at radius 2 is 2.12 bits per heavy atom. The molecule has 1 atom stereocenters. The SMILES string of the molecule is CCOCc1nc2c(c(N[C@@H](CC)c3cccnc3)n1)CCNCC2. The van der Waals surface area contributed by atoms with Gasteiger partial charge < -0.3 is 15.4 Å². The molecule has 3 heterocycles. The second-order valence-corrected chi connectivity index (χ2v) is 6.19. The van der Waals surface area contributed by atoms with E-state index in [4.69, 9.17) is 14.7 Å². The summed E-state index contributed by atoms with van der Waals surface area (Å²) in [6.07, 6.45) is 6.55. The topological polar surface area (TPSA) is 72.0 Å². The number of aromatic nitrogens is 3. The van der Waals surface area contributed by atoms with Gasteiger partial charge in [0.1, 0.15) is 12.4 Å². The van der Waals surface area contributed by atoms with Crippen molar-refractivity contribution in [3.8, 4) is 0 Å². The number of hydrogen-bond donors (Lipinski definition) is 2. The molecule has 0 aromatic carbocycles. The summed E-state index contributed by atoms with van der Waals surface area (Å²) in [7, 11) is 0. The molecule has 0 amide bonds. The highest BCUT2D eigenvalue weighted by Gasteiger charge is 2.19. The molecule has 2 N–H and O–H groups in total. The Labute approximate surface area is 149 Å². The molecule has 1 aliphatic heterocycles. The lowest BCUT2D eigenvalue weighted by Gasteiger charge is -2.21. The lowest BCUT2D eigenvalue weighted by molar-refractivity contribution is 0.128. The van der Waals surface area contributed by atoms with E-state index in [1.807, 2.05) is 19.2 Å². The third-order valence-corrected chi connectivity index (χ3v) is 4.47. The molecule has 6 heteroatoms. The first-order valence-electron chi connectivity index (χ1n) is 9.15. The van der Waals surface area contributed by atoms with Crippen LogP contribution in [0.25, 0.3) is 0 Å². The van der Waals surface area contributed by atoms with Crippen molar-refractivity contribution in [2.75, 3.05) is 25.0 Å². The highest BCUT2D eigenvalue weighted by Crippen LogP contribution is 2.26. The molecule has 25 heavy (non-hydrogen) atoms. The van der Waals surface area contributed by atoms with E-state index in [-0.39, 0.29) is 6.04 Å². The average molecular weight is 341 g/mol. The van der Waals surface area contributed by atoms with Crippen LogP contribution in [0.5, 0.6) is 0 Å². The number of rotatable bonds is 7. The molecule has 0 unspecified atom stereocenters. The number of nitrogens with one attached hydrogen (secondary N) is 2. The van der Waals surface area contributed by atoms with Gasteiger partial charge >= 0.3 is 0 Å². The molecule has 0 saturated heterocycles. The predicted octanol–water partition coefficient (Wildman–Crippen LogP) is 2.66. The van der Waals surface area contributed by atoms with Gasteiger partial charge in [0.15, 0.2) is 5.82 Å². The van der Waals surface area contributed by atoms with Crippen LogP contribution in [0.15, 0.2) is 24.5 Å². The molecule has 0 radical (unpaired) electrons. The lowest BCUT2D eigenvalue weighted by atomic mass is 10.0. The summed E-state index contributed by atoms with van der Waals surface area (Å²) in [5, 5.41) is 7.09. The normalized spacial score (nSPS) is 15.3.